The minimum atomic E-state index is -0.000522. The van der Waals surface area contributed by atoms with E-state index in [0.29, 0.717) is 6.04 Å². The zero-order chi connectivity index (χ0) is 12.5. The highest BCUT2D eigenvalue weighted by Gasteiger charge is 2.21. The van der Waals surface area contributed by atoms with E-state index >= 15 is 0 Å². The fourth-order valence-electron chi connectivity index (χ4n) is 1.69. The van der Waals surface area contributed by atoms with Gasteiger partial charge in [-0.3, -0.25) is 0 Å². The molecule has 0 aliphatic carbocycles. The molecule has 0 saturated carbocycles. The quantitative estimate of drug-likeness (QED) is 0.836. The maximum absolute atomic E-state index is 4.62. The second-order valence-electron chi connectivity index (χ2n) is 5.67. The maximum atomic E-state index is 4.62. The van der Waals surface area contributed by atoms with E-state index < -0.39 is 0 Å². The molecule has 0 amide bonds. The molecule has 0 radical (unpaired) electrons. The van der Waals surface area contributed by atoms with E-state index in [9.17, 15) is 0 Å². The van der Waals surface area contributed by atoms with Gasteiger partial charge in [0.05, 0.1) is 6.04 Å². The van der Waals surface area contributed by atoms with Crippen LogP contribution in [-0.2, 0) is 11.8 Å². The lowest BCUT2D eigenvalue weighted by molar-refractivity contribution is 0.469. The third kappa shape index (κ3) is 2.94. The normalized spacial score (nSPS) is 16.7. The molecule has 1 aromatic rings. The van der Waals surface area contributed by atoms with E-state index in [1.54, 1.807) is 0 Å². The van der Waals surface area contributed by atoms with E-state index in [-0.39, 0.29) is 5.41 Å². The highest BCUT2D eigenvalue weighted by Crippen LogP contribution is 2.21. The van der Waals surface area contributed by atoms with E-state index in [0.717, 1.165) is 36.8 Å². The van der Waals surface area contributed by atoms with Gasteiger partial charge in [-0.25, -0.2) is 9.97 Å². The molecular weight excluding hydrogens is 212 g/mol. The lowest BCUT2D eigenvalue weighted by Crippen LogP contribution is -2.51. The zero-order valence-electron chi connectivity index (χ0n) is 11.2. The van der Waals surface area contributed by atoms with Gasteiger partial charge in [0.1, 0.15) is 11.6 Å². The van der Waals surface area contributed by atoms with Gasteiger partial charge in [-0.1, -0.05) is 27.7 Å². The second-order valence-corrected chi connectivity index (χ2v) is 5.67. The van der Waals surface area contributed by atoms with Crippen molar-refractivity contribution in [3.05, 3.63) is 17.6 Å². The molecule has 94 valence electrons. The van der Waals surface area contributed by atoms with Crippen molar-refractivity contribution in [3.8, 4) is 0 Å². The van der Waals surface area contributed by atoms with Crippen LogP contribution in [0.5, 0.6) is 0 Å². The summed E-state index contributed by atoms with van der Waals surface area (Å²) in [6, 6.07) is 2.58. The van der Waals surface area contributed by atoms with Crippen LogP contribution in [0, 0.1) is 0 Å². The number of rotatable bonds is 3. The van der Waals surface area contributed by atoms with Crippen LogP contribution in [-0.4, -0.2) is 29.1 Å². The summed E-state index contributed by atoms with van der Waals surface area (Å²) in [5.74, 6) is 1.89. The molecule has 1 aromatic heterocycles. The van der Waals surface area contributed by atoms with Crippen LogP contribution in [0.3, 0.4) is 0 Å². The van der Waals surface area contributed by atoms with Crippen molar-refractivity contribution >= 4 is 5.82 Å². The van der Waals surface area contributed by atoms with Crippen LogP contribution >= 0.6 is 0 Å². The Labute approximate surface area is 103 Å². The second kappa shape index (κ2) is 4.61. The Balaban J connectivity index is 2.24. The molecule has 4 heteroatoms. The Kier molecular flexibility index (Phi) is 3.33. The van der Waals surface area contributed by atoms with Crippen molar-refractivity contribution in [1.82, 2.24) is 15.3 Å². The maximum Gasteiger partial charge on any atom is 0.136 e. The summed E-state index contributed by atoms with van der Waals surface area (Å²) in [7, 11) is 0. The number of anilines is 1. The largest absolute Gasteiger partial charge is 0.365 e. The zero-order valence-corrected chi connectivity index (χ0v) is 11.2. The molecule has 0 unspecified atom stereocenters. The monoisotopic (exact) mass is 234 g/mol. The standard InChI is InChI=1S/C13H22N4/c1-5-9-6-11(15-10-7-14-8-10)17-12(16-9)13(2,3)4/h6,10,14H,5,7-8H2,1-4H3,(H,15,16,17). The van der Waals surface area contributed by atoms with E-state index in [1.807, 2.05) is 0 Å². The number of nitrogens with zero attached hydrogens (tertiary/aromatic N) is 2. The molecule has 0 bridgehead atoms. The van der Waals surface area contributed by atoms with Crippen molar-refractivity contribution in [1.29, 1.82) is 0 Å². The van der Waals surface area contributed by atoms with Gasteiger partial charge in [0.15, 0.2) is 0 Å². The highest BCUT2D eigenvalue weighted by molar-refractivity contribution is 5.39. The average molecular weight is 234 g/mol. The van der Waals surface area contributed by atoms with Crippen molar-refractivity contribution in [2.75, 3.05) is 18.4 Å². The first kappa shape index (κ1) is 12.3. The SMILES string of the molecule is CCc1cc(NC2CNC2)nc(C(C)(C)C)n1. The molecule has 2 heterocycles. The van der Waals surface area contributed by atoms with E-state index in [1.165, 1.54) is 0 Å². The molecule has 1 aliphatic rings. The summed E-state index contributed by atoms with van der Waals surface area (Å²) in [6.45, 7) is 10.6. The number of aromatic nitrogens is 2. The van der Waals surface area contributed by atoms with Gasteiger partial charge in [0.25, 0.3) is 0 Å². The van der Waals surface area contributed by atoms with Crippen LogP contribution < -0.4 is 10.6 Å². The minimum absolute atomic E-state index is 0.000522. The molecular formula is C13H22N4. The minimum Gasteiger partial charge on any atom is -0.365 e. The summed E-state index contributed by atoms with van der Waals surface area (Å²) in [4.78, 5) is 9.23. The summed E-state index contributed by atoms with van der Waals surface area (Å²) in [6.07, 6.45) is 0.948. The molecule has 1 saturated heterocycles. The summed E-state index contributed by atoms with van der Waals surface area (Å²) in [5.41, 5.74) is 1.11. The number of hydrogen-bond acceptors (Lipinski definition) is 4. The van der Waals surface area contributed by atoms with Crippen LogP contribution in [0.1, 0.15) is 39.2 Å². The van der Waals surface area contributed by atoms with Crippen LogP contribution in [0.25, 0.3) is 0 Å². The summed E-state index contributed by atoms with van der Waals surface area (Å²) < 4.78 is 0. The average Bonchev–Trinajstić information content (AvgIpc) is 2.22. The number of nitrogens with one attached hydrogen (secondary N) is 2. The van der Waals surface area contributed by atoms with Gasteiger partial charge >= 0.3 is 0 Å². The predicted octanol–water partition coefficient (Wildman–Crippen LogP) is 1.72. The van der Waals surface area contributed by atoms with Gasteiger partial charge in [0.2, 0.25) is 0 Å². The fraction of sp³-hybridized carbons (Fsp3) is 0.692. The molecule has 4 nitrogen and oxygen atoms in total. The Morgan fingerprint density at radius 2 is 2.06 bits per heavy atom. The third-order valence-corrected chi connectivity index (χ3v) is 2.95. The number of aryl methyl sites for hydroxylation is 1. The first-order chi connectivity index (χ1) is 7.99. The topological polar surface area (TPSA) is 49.8 Å². The van der Waals surface area contributed by atoms with Gasteiger partial charge in [-0.2, -0.15) is 0 Å². The molecule has 0 spiro atoms. The molecule has 1 aliphatic heterocycles. The van der Waals surface area contributed by atoms with Crippen molar-refractivity contribution in [3.63, 3.8) is 0 Å². The molecule has 2 N–H and O–H groups in total. The fourth-order valence-corrected chi connectivity index (χ4v) is 1.69. The first-order valence-electron chi connectivity index (χ1n) is 6.34. The van der Waals surface area contributed by atoms with Gasteiger partial charge in [0, 0.05) is 30.3 Å². The summed E-state index contributed by atoms with van der Waals surface area (Å²) in [5, 5.41) is 6.70. The van der Waals surface area contributed by atoms with Crippen molar-refractivity contribution in [2.24, 2.45) is 0 Å². The third-order valence-electron chi connectivity index (χ3n) is 2.95. The highest BCUT2D eigenvalue weighted by atomic mass is 15.1. The van der Waals surface area contributed by atoms with Crippen LogP contribution in [0.2, 0.25) is 0 Å². The molecule has 17 heavy (non-hydrogen) atoms. The van der Waals surface area contributed by atoms with Gasteiger partial charge < -0.3 is 10.6 Å². The summed E-state index contributed by atoms with van der Waals surface area (Å²) >= 11 is 0. The molecule has 0 aromatic carbocycles. The lowest BCUT2D eigenvalue weighted by atomic mass is 9.95. The lowest BCUT2D eigenvalue weighted by Gasteiger charge is -2.29. The smallest absolute Gasteiger partial charge is 0.136 e. The van der Waals surface area contributed by atoms with Gasteiger partial charge in [-0.15, -0.1) is 0 Å². The molecule has 1 fully saturated rings. The van der Waals surface area contributed by atoms with Crippen molar-refractivity contribution in [2.45, 2.75) is 45.6 Å². The Hall–Kier alpha value is -1.16. The van der Waals surface area contributed by atoms with Gasteiger partial charge in [-0.05, 0) is 6.42 Å². The molecule has 0 atom stereocenters. The molecule has 2 rings (SSSR count). The van der Waals surface area contributed by atoms with Crippen LogP contribution in [0.15, 0.2) is 6.07 Å². The Morgan fingerprint density at radius 3 is 2.53 bits per heavy atom. The van der Waals surface area contributed by atoms with Crippen LogP contribution in [0.4, 0.5) is 5.82 Å². The Bertz CT molecular complexity index is 391. The van der Waals surface area contributed by atoms with Crippen molar-refractivity contribution < 1.29 is 0 Å². The first-order valence-corrected chi connectivity index (χ1v) is 6.34. The number of hydrogen-bond donors (Lipinski definition) is 2. The Morgan fingerprint density at radius 1 is 1.35 bits per heavy atom. The van der Waals surface area contributed by atoms with E-state index in [2.05, 4.69) is 54.4 Å². The predicted molar refractivity (Wildman–Crippen MR) is 70.4 cm³/mol. The van der Waals surface area contributed by atoms with E-state index in [4.69, 9.17) is 0 Å².